The van der Waals surface area contributed by atoms with Crippen LogP contribution in [0.5, 0.6) is 0 Å². The quantitative estimate of drug-likeness (QED) is 0.536. The molecular weight excluding hydrogens is 389 g/mol. The minimum atomic E-state index is -4.27. The van der Waals surface area contributed by atoms with Crippen LogP contribution in [0.1, 0.15) is 17.7 Å². The molecule has 4 aromatic rings. The molecule has 142 valence electrons. The van der Waals surface area contributed by atoms with Gasteiger partial charge in [0.1, 0.15) is 10.4 Å². The minimum Gasteiger partial charge on any atom is -0.384 e. The Bertz CT molecular complexity index is 1200. The number of hydrogen-bond acceptors (Lipinski definition) is 6. The molecule has 0 radical (unpaired) electrons. The summed E-state index contributed by atoms with van der Waals surface area (Å²) in [6.07, 6.45) is 0.0241. The lowest BCUT2D eigenvalue weighted by Gasteiger charge is -2.43. The Morgan fingerprint density at radius 2 is 1.89 bits per heavy atom. The van der Waals surface area contributed by atoms with Crippen molar-refractivity contribution >= 4 is 32.6 Å². The van der Waals surface area contributed by atoms with Crippen molar-refractivity contribution in [1.82, 2.24) is 19.9 Å². The summed E-state index contributed by atoms with van der Waals surface area (Å²) in [6, 6.07) is 7.28. The monoisotopic (exact) mass is 402 g/mol. The fourth-order valence-corrected chi connectivity index (χ4v) is 4.59. The maximum absolute atomic E-state index is 12.8. The molecule has 0 atom stereocenters. The molecule has 1 aliphatic carbocycles. The zero-order valence-electron chi connectivity index (χ0n) is 14.3. The second-order valence-corrected chi connectivity index (χ2v) is 8.05. The lowest BCUT2D eigenvalue weighted by atomic mass is 9.70. The van der Waals surface area contributed by atoms with E-state index in [0.29, 0.717) is 26.6 Å². The van der Waals surface area contributed by atoms with Gasteiger partial charge in [0.15, 0.2) is 11.5 Å². The van der Waals surface area contributed by atoms with E-state index in [-0.39, 0.29) is 12.8 Å². The van der Waals surface area contributed by atoms with Crippen LogP contribution in [0, 0.1) is 5.92 Å². The number of rotatable bonds is 2. The second-order valence-electron chi connectivity index (χ2n) is 7.02. The van der Waals surface area contributed by atoms with Crippen molar-refractivity contribution in [3.63, 3.8) is 0 Å². The van der Waals surface area contributed by atoms with Gasteiger partial charge in [-0.1, -0.05) is 0 Å². The molecule has 0 spiro atoms. The predicted molar refractivity (Wildman–Crippen MR) is 98.6 cm³/mol. The molecule has 5 rings (SSSR count). The van der Waals surface area contributed by atoms with Crippen LogP contribution in [-0.2, 0) is 5.60 Å². The molecule has 1 fully saturated rings. The highest BCUT2D eigenvalue weighted by molar-refractivity contribution is 7.18. The van der Waals surface area contributed by atoms with E-state index >= 15 is 0 Å². The first kappa shape index (κ1) is 17.4. The van der Waals surface area contributed by atoms with Gasteiger partial charge in [0, 0.05) is 39.8 Å². The highest BCUT2D eigenvalue weighted by atomic mass is 32.1. The lowest BCUT2D eigenvalue weighted by molar-refractivity contribution is -0.241. The topological polar surface area (TPSA) is 71.8 Å². The van der Waals surface area contributed by atoms with Crippen LogP contribution < -0.4 is 0 Å². The first-order valence-corrected chi connectivity index (χ1v) is 9.41. The molecule has 0 unspecified atom stereocenters. The molecule has 0 aliphatic heterocycles. The standard InChI is InChI=1S/C19H13F3N4OS/c20-19(21,22)13-6-18(27,7-13)14-5-12-9-25-16(26-17(12)28-14)11-4-10-2-1-3-23-15(10)24-8-11/h1-5,8-9,13,27H,6-7H2. The van der Waals surface area contributed by atoms with Crippen LogP contribution in [0.15, 0.2) is 42.9 Å². The molecule has 0 saturated heterocycles. The van der Waals surface area contributed by atoms with Gasteiger partial charge in [-0.3, -0.25) is 0 Å². The van der Waals surface area contributed by atoms with E-state index in [4.69, 9.17) is 0 Å². The van der Waals surface area contributed by atoms with Crippen LogP contribution in [0.2, 0.25) is 0 Å². The molecule has 1 aliphatic rings. The van der Waals surface area contributed by atoms with Gasteiger partial charge in [0.2, 0.25) is 0 Å². The summed E-state index contributed by atoms with van der Waals surface area (Å²) >= 11 is 1.20. The first-order valence-electron chi connectivity index (χ1n) is 8.59. The Hall–Kier alpha value is -2.65. The molecule has 5 nitrogen and oxygen atoms in total. The van der Waals surface area contributed by atoms with Crippen molar-refractivity contribution < 1.29 is 18.3 Å². The van der Waals surface area contributed by atoms with Gasteiger partial charge in [-0.15, -0.1) is 11.3 Å². The van der Waals surface area contributed by atoms with Gasteiger partial charge in [-0.05, 0) is 37.1 Å². The smallest absolute Gasteiger partial charge is 0.384 e. The summed E-state index contributed by atoms with van der Waals surface area (Å²) in [4.78, 5) is 18.5. The van der Waals surface area contributed by atoms with Crippen molar-refractivity contribution in [2.45, 2.75) is 24.6 Å². The molecule has 1 saturated carbocycles. The number of fused-ring (bicyclic) bond motifs is 2. The average molecular weight is 402 g/mol. The Morgan fingerprint density at radius 3 is 2.68 bits per heavy atom. The molecule has 9 heteroatoms. The fraction of sp³-hybridized carbons (Fsp3) is 0.263. The summed E-state index contributed by atoms with van der Waals surface area (Å²) in [5.74, 6) is -0.991. The van der Waals surface area contributed by atoms with Crippen molar-refractivity contribution in [2.75, 3.05) is 0 Å². The average Bonchev–Trinajstić information content (AvgIpc) is 3.08. The van der Waals surface area contributed by atoms with E-state index < -0.39 is 17.7 Å². The van der Waals surface area contributed by atoms with E-state index in [9.17, 15) is 18.3 Å². The van der Waals surface area contributed by atoms with Gasteiger partial charge in [-0.2, -0.15) is 13.2 Å². The van der Waals surface area contributed by atoms with Gasteiger partial charge in [0.25, 0.3) is 0 Å². The second kappa shape index (κ2) is 5.92. The Labute approximate surface area is 160 Å². The molecule has 0 bridgehead atoms. The number of aliphatic hydroxyl groups is 1. The maximum atomic E-state index is 12.8. The SMILES string of the molecule is OC1(c2cc3cnc(-c4cnc5ncccc5c4)nc3s2)CC(C(F)(F)F)C1. The van der Waals surface area contributed by atoms with E-state index in [0.717, 1.165) is 10.9 Å². The van der Waals surface area contributed by atoms with E-state index in [1.807, 2.05) is 18.2 Å². The zero-order chi connectivity index (χ0) is 19.5. The molecule has 4 heterocycles. The third kappa shape index (κ3) is 2.82. The van der Waals surface area contributed by atoms with E-state index in [1.165, 1.54) is 11.3 Å². The summed E-state index contributed by atoms with van der Waals surface area (Å²) in [5, 5.41) is 12.1. The highest BCUT2D eigenvalue weighted by Crippen LogP contribution is 2.54. The zero-order valence-corrected chi connectivity index (χ0v) is 15.1. The number of halogens is 3. The van der Waals surface area contributed by atoms with Gasteiger partial charge in [0.05, 0.1) is 5.92 Å². The third-order valence-corrected chi connectivity index (χ3v) is 6.31. The number of pyridine rings is 2. The lowest BCUT2D eigenvalue weighted by Crippen LogP contribution is -2.46. The Morgan fingerprint density at radius 1 is 1.07 bits per heavy atom. The number of alkyl halides is 3. The number of thiophene rings is 1. The van der Waals surface area contributed by atoms with Crippen LogP contribution in [0.3, 0.4) is 0 Å². The van der Waals surface area contributed by atoms with Crippen LogP contribution in [-0.4, -0.2) is 31.2 Å². The van der Waals surface area contributed by atoms with Crippen molar-refractivity contribution in [3.8, 4) is 11.4 Å². The number of aromatic nitrogens is 4. The largest absolute Gasteiger partial charge is 0.392 e. The molecule has 4 aromatic heterocycles. The molecule has 1 N–H and O–H groups in total. The molecular formula is C19H13F3N4OS. The predicted octanol–water partition coefficient (Wildman–Crippen LogP) is 4.46. The van der Waals surface area contributed by atoms with Crippen molar-refractivity contribution in [1.29, 1.82) is 0 Å². The summed E-state index contributed by atoms with van der Waals surface area (Å²) in [5.41, 5.74) is -0.101. The minimum absolute atomic E-state index is 0.314. The normalized spacial score (nSPS) is 22.5. The molecule has 28 heavy (non-hydrogen) atoms. The van der Waals surface area contributed by atoms with Crippen molar-refractivity contribution in [2.24, 2.45) is 5.92 Å². The Kier molecular flexibility index (Phi) is 3.69. The van der Waals surface area contributed by atoms with Crippen molar-refractivity contribution in [3.05, 3.63) is 47.7 Å². The summed E-state index contributed by atoms with van der Waals surface area (Å²) < 4.78 is 38.3. The van der Waals surface area contributed by atoms with Crippen LogP contribution >= 0.6 is 11.3 Å². The van der Waals surface area contributed by atoms with Gasteiger partial charge < -0.3 is 5.11 Å². The Balaban J connectivity index is 1.48. The van der Waals surface area contributed by atoms with Crippen LogP contribution in [0.25, 0.3) is 32.6 Å². The maximum Gasteiger partial charge on any atom is 0.392 e. The molecule has 0 amide bonds. The number of nitrogens with zero attached hydrogens (tertiary/aromatic N) is 4. The molecule has 0 aromatic carbocycles. The third-order valence-electron chi connectivity index (χ3n) is 5.08. The highest BCUT2D eigenvalue weighted by Gasteiger charge is 2.56. The first-order chi connectivity index (χ1) is 13.3. The van der Waals surface area contributed by atoms with Gasteiger partial charge >= 0.3 is 6.18 Å². The van der Waals surface area contributed by atoms with E-state index in [1.54, 1.807) is 24.7 Å². The van der Waals surface area contributed by atoms with Gasteiger partial charge in [-0.25, -0.2) is 19.9 Å². The summed E-state index contributed by atoms with van der Waals surface area (Å²) in [7, 11) is 0. The summed E-state index contributed by atoms with van der Waals surface area (Å²) in [6.45, 7) is 0. The number of hydrogen-bond donors (Lipinski definition) is 1. The fourth-order valence-electron chi connectivity index (χ4n) is 3.48. The van der Waals surface area contributed by atoms with E-state index in [2.05, 4.69) is 19.9 Å². The van der Waals surface area contributed by atoms with Crippen LogP contribution in [0.4, 0.5) is 13.2 Å².